The van der Waals surface area contributed by atoms with Crippen LogP contribution in [0.4, 0.5) is 5.13 Å². The van der Waals surface area contributed by atoms with Crippen LogP contribution < -0.4 is 10.5 Å². The van der Waals surface area contributed by atoms with Gasteiger partial charge in [0.15, 0.2) is 15.2 Å². The average molecular weight is 303 g/mol. The molecule has 19 heavy (non-hydrogen) atoms. The fourth-order valence-corrected chi connectivity index (χ4v) is 3.83. The topological polar surface area (TPSA) is 124 Å². The normalized spacial score (nSPS) is 11.9. The zero-order valence-corrected chi connectivity index (χ0v) is 12.0. The summed E-state index contributed by atoms with van der Waals surface area (Å²) in [6.45, 7) is 3.45. The number of nitrogen functional groups attached to an aromatic ring is 1. The van der Waals surface area contributed by atoms with Gasteiger partial charge in [0.2, 0.25) is 5.89 Å². The minimum absolute atomic E-state index is 0.134. The highest BCUT2D eigenvalue weighted by atomic mass is 32.2. The highest BCUT2D eigenvalue weighted by molar-refractivity contribution is 7.91. The lowest BCUT2D eigenvalue weighted by atomic mass is 10.4. The standard InChI is InChI=1S/C9H13N5O3S2/c1-5-8(18-9(10)12-5)19(15,16)11-4-3-7-13-6(2)17-14-7/h11H,3-4H2,1-2H3,(H2,10,12). The van der Waals surface area contributed by atoms with Gasteiger partial charge in [0.05, 0.1) is 5.69 Å². The highest BCUT2D eigenvalue weighted by Gasteiger charge is 2.20. The van der Waals surface area contributed by atoms with Crippen molar-refractivity contribution in [2.75, 3.05) is 12.3 Å². The predicted molar refractivity (Wildman–Crippen MR) is 69.2 cm³/mol. The van der Waals surface area contributed by atoms with Crippen molar-refractivity contribution in [1.82, 2.24) is 19.8 Å². The molecule has 0 unspecified atom stereocenters. The van der Waals surface area contributed by atoms with Crippen molar-refractivity contribution in [2.45, 2.75) is 24.5 Å². The molecule has 2 heterocycles. The summed E-state index contributed by atoms with van der Waals surface area (Å²) in [5.41, 5.74) is 5.88. The Balaban J connectivity index is 2.00. The summed E-state index contributed by atoms with van der Waals surface area (Å²) in [7, 11) is -3.59. The van der Waals surface area contributed by atoms with E-state index in [-0.39, 0.29) is 15.9 Å². The number of hydrogen-bond acceptors (Lipinski definition) is 8. The molecule has 0 aliphatic rings. The lowest BCUT2D eigenvalue weighted by Crippen LogP contribution is -2.26. The van der Waals surface area contributed by atoms with Gasteiger partial charge in [0.25, 0.3) is 10.0 Å². The average Bonchev–Trinajstić information content (AvgIpc) is 2.85. The molecule has 0 fully saturated rings. The maximum absolute atomic E-state index is 12.0. The van der Waals surface area contributed by atoms with Crippen molar-refractivity contribution in [1.29, 1.82) is 0 Å². The summed E-state index contributed by atoms with van der Waals surface area (Å²) in [4.78, 5) is 7.87. The van der Waals surface area contributed by atoms with Crippen molar-refractivity contribution < 1.29 is 12.9 Å². The van der Waals surface area contributed by atoms with E-state index >= 15 is 0 Å². The van der Waals surface area contributed by atoms with Crippen LogP contribution in [0, 0.1) is 13.8 Å². The number of nitrogens with zero attached hydrogens (tertiary/aromatic N) is 3. The second kappa shape index (κ2) is 5.23. The summed E-state index contributed by atoms with van der Waals surface area (Å²) in [5.74, 6) is 0.907. The Bertz CT molecular complexity index is 676. The monoisotopic (exact) mass is 303 g/mol. The number of nitrogens with two attached hydrogens (primary N) is 1. The lowest BCUT2D eigenvalue weighted by Gasteiger charge is -2.03. The second-order valence-corrected chi connectivity index (χ2v) is 6.80. The first-order valence-corrected chi connectivity index (χ1v) is 7.70. The van der Waals surface area contributed by atoms with Crippen LogP contribution in [0.2, 0.25) is 0 Å². The maximum atomic E-state index is 12.0. The van der Waals surface area contributed by atoms with E-state index in [1.165, 1.54) is 0 Å². The zero-order chi connectivity index (χ0) is 14.0. The molecule has 0 atom stereocenters. The highest BCUT2D eigenvalue weighted by Crippen LogP contribution is 2.24. The first-order chi connectivity index (χ1) is 8.88. The number of aromatic nitrogens is 3. The number of aryl methyl sites for hydroxylation is 2. The molecule has 0 aromatic carbocycles. The van der Waals surface area contributed by atoms with Gasteiger partial charge in [-0.25, -0.2) is 18.1 Å². The molecule has 0 spiro atoms. The lowest BCUT2D eigenvalue weighted by molar-refractivity contribution is 0.387. The van der Waals surface area contributed by atoms with E-state index in [0.29, 0.717) is 23.8 Å². The van der Waals surface area contributed by atoms with Gasteiger partial charge in [-0.1, -0.05) is 16.5 Å². The molecule has 0 saturated heterocycles. The Labute approximate surface area is 114 Å². The molecule has 0 aliphatic carbocycles. The van der Waals surface area contributed by atoms with Gasteiger partial charge in [-0.05, 0) is 6.92 Å². The van der Waals surface area contributed by atoms with Crippen LogP contribution in [-0.4, -0.2) is 30.1 Å². The van der Waals surface area contributed by atoms with Crippen LogP contribution in [0.1, 0.15) is 17.4 Å². The molecule has 3 N–H and O–H groups in total. The van der Waals surface area contributed by atoms with Crippen LogP contribution in [0.25, 0.3) is 0 Å². The van der Waals surface area contributed by atoms with Crippen molar-refractivity contribution in [3.63, 3.8) is 0 Å². The quantitative estimate of drug-likeness (QED) is 0.811. The summed E-state index contributed by atoms with van der Waals surface area (Å²) in [5, 5.41) is 3.91. The number of nitrogens with one attached hydrogen (secondary N) is 1. The Morgan fingerprint density at radius 1 is 1.37 bits per heavy atom. The van der Waals surface area contributed by atoms with E-state index in [1.54, 1.807) is 13.8 Å². The van der Waals surface area contributed by atoms with Crippen molar-refractivity contribution in [3.8, 4) is 0 Å². The second-order valence-electron chi connectivity index (χ2n) is 3.80. The van der Waals surface area contributed by atoms with Crippen molar-refractivity contribution in [2.24, 2.45) is 0 Å². The van der Waals surface area contributed by atoms with Gasteiger partial charge < -0.3 is 10.3 Å². The van der Waals surface area contributed by atoms with E-state index in [1.807, 2.05) is 0 Å². The molecule has 104 valence electrons. The molecule has 2 aromatic rings. The third-order valence-corrected chi connectivity index (χ3v) is 5.28. The first-order valence-electron chi connectivity index (χ1n) is 5.40. The SMILES string of the molecule is Cc1nc(CCNS(=O)(=O)c2sc(N)nc2C)no1. The fourth-order valence-electron chi connectivity index (χ4n) is 1.46. The summed E-state index contributed by atoms with van der Waals surface area (Å²) >= 11 is 0.938. The minimum atomic E-state index is -3.59. The fraction of sp³-hybridized carbons (Fsp3) is 0.444. The smallest absolute Gasteiger partial charge is 0.252 e. The van der Waals surface area contributed by atoms with Gasteiger partial charge in [0, 0.05) is 19.9 Å². The van der Waals surface area contributed by atoms with Crippen LogP contribution in [0.15, 0.2) is 8.73 Å². The van der Waals surface area contributed by atoms with Crippen LogP contribution in [0.5, 0.6) is 0 Å². The molecule has 0 saturated carbocycles. The molecule has 2 rings (SSSR count). The number of thiazole rings is 1. The van der Waals surface area contributed by atoms with Crippen LogP contribution >= 0.6 is 11.3 Å². The predicted octanol–water partition coefficient (Wildman–Crippen LogP) is 0.246. The van der Waals surface area contributed by atoms with Crippen molar-refractivity contribution in [3.05, 3.63) is 17.4 Å². The molecule has 0 radical (unpaired) electrons. The molecule has 8 nitrogen and oxygen atoms in total. The minimum Gasteiger partial charge on any atom is -0.375 e. The Kier molecular flexibility index (Phi) is 3.83. The number of anilines is 1. The summed E-state index contributed by atoms with van der Waals surface area (Å²) < 4.78 is 31.4. The van der Waals surface area contributed by atoms with E-state index in [4.69, 9.17) is 10.3 Å². The van der Waals surface area contributed by atoms with E-state index < -0.39 is 10.0 Å². The summed E-state index contributed by atoms with van der Waals surface area (Å²) in [6.07, 6.45) is 0.351. The van der Waals surface area contributed by atoms with Gasteiger partial charge in [-0.2, -0.15) is 4.98 Å². The molecule has 10 heteroatoms. The Morgan fingerprint density at radius 2 is 2.11 bits per heavy atom. The molecular weight excluding hydrogens is 290 g/mol. The molecule has 2 aromatic heterocycles. The summed E-state index contributed by atoms with van der Waals surface area (Å²) in [6, 6.07) is 0. The van der Waals surface area contributed by atoms with Crippen molar-refractivity contribution >= 4 is 26.5 Å². The number of hydrogen-bond donors (Lipinski definition) is 2. The third-order valence-electron chi connectivity index (χ3n) is 2.22. The molecule has 0 bridgehead atoms. The number of sulfonamides is 1. The van der Waals surface area contributed by atoms with Gasteiger partial charge in [-0.3, -0.25) is 0 Å². The maximum Gasteiger partial charge on any atom is 0.252 e. The first kappa shape index (κ1) is 13.9. The molecular formula is C9H13N5O3S2. The van der Waals surface area contributed by atoms with Gasteiger partial charge >= 0.3 is 0 Å². The Hall–Kier alpha value is -1.52. The zero-order valence-electron chi connectivity index (χ0n) is 10.4. The molecule has 0 aliphatic heterocycles. The van der Waals surface area contributed by atoms with E-state index in [2.05, 4.69) is 19.8 Å². The van der Waals surface area contributed by atoms with E-state index in [9.17, 15) is 8.42 Å². The van der Waals surface area contributed by atoms with Gasteiger partial charge in [0.1, 0.15) is 0 Å². The largest absolute Gasteiger partial charge is 0.375 e. The van der Waals surface area contributed by atoms with E-state index in [0.717, 1.165) is 11.3 Å². The van der Waals surface area contributed by atoms with Crippen LogP contribution in [-0.2, 0) is 16.4 Å². The van der Waals surface area contributed by atoms with Crippen LogP contribution in [0.3, 0.4) is 0 Å². The Morgan fingerprint density at radius 3 is 2.63 bits per heavy atom. The third kappa shape index (κ3) is 3.28. The number of rotatable bonds is 5. The van der Waals surface area contributed by atoms with Gasteiger partial charge in [-0.15, -0.1) is 0 Å². The molecule has 0 amide bonds.